The minimum absolute atomic E-state index is 0.0683. The third kappa shape index (κ3) is 3.13. The zero-order valence-electron chi connectivity index (χ0n) is 9.67. The number of rotatable bonds is 1. The fraction of sp³-hybridized carbons (Fsp3) is 0.500. The summed E-state index contributed by atoms with van der Waals surface area (Å²) in [6.45, 7) is 0.811. The van der Waals surface area contributed by atoms with Crippen molar-refractivity contribution in [3.05, 3.63) is 30.1 Å². The molecule has 0 aromatic heterocycles. The number of alkyl halides is 3. The second-order valence-corrected chi connectivity index (χ2v) is 4.37. The molecule has 0 bridgehead atoms. The number of nitrogens with zero attached hydrogens (tertiary/aromatic N) is 1. The lowest BCUT2D eigenvalue weighted by Gasteiger charge is -2.27. The number of nitrogens with one attached hydrogen (secondary N) is 1. The topological polar surface area (TPSA) is 15.3 Å². The standard InChI is InChI=1S/C12H14F4N2/c13-10-1-3-11(4-2-10)18-6-5-17-7-9(8-18)12(14,15)16/h1-4,9,17H,5-8H2. The van der Waals surface area contributed by atoms with E-state index >= 15 is 0 Å². The highest BCUT2D eigenvalue weighted by molar-refractivity contribution is 5.46. The number of hydrogen-bond acceptors (Lipinski definition) is 2. The highest BCUT2D eigenvalue weighted by Crippen LogP contribution is 2.29. The van der Waals surface area contributed by atoms with Crippen LogP contribution in [-0.2, 0) is 0 Å². The van der Waals surface area contributed by atoms with E-state index in [0.717, 1.165) is 0 Å². The number of halogens is 4. The van der Waals surface area contributed by atoms with Crippen molar-refractivity contribution in [3.63, 3.8) is 0 Å². The van der Waals surface area contributed by atoms with E-state index < -0.39 is 12.1 Å². The smallest absolute Gasteiger partial charge is 0.370 e. The van der Waals surface area contributed by atoms with Crippen molar-refractivity contribution in [3.8, 4) is 0 Å². The first-order valence-electron chi connectivity index (χ1n) is 5.75. The van der Waals surface area contributed by atoms with E-state index in [1.54, 1.807) is 4.90 Å². The average Bonchev–Trinajstić information content (AvgIpc) is 2.55. The molecule has 0 aliphatic carbocycles. The molecule has 1 fully saturated rings. The largest absolute Gasteiger partial charge is 0.394 e. The van der Waals surface area contributed by atoms with Crippen molar-refractivity contribution in [1.82, 2.24) is 5.32 Å². The van der Waals surface area contributed by atoms with Gasteiger partial charge < -0.3 is 10.2 Å². The molecule has 6 heteroatoms. The van der Waals surface area contributed by atoms with E-state index in [1.165, 1.54) is 24.3 Å². The third-order valence-corrected chi connectivity index (χ3v) is 3.04. The summed E-state index contributed by atoms with van der Waals surface area (Å²) in [6.07, 6.45) is -4.21. The molecule has 2 nitrogen and oxygen atoms in total. The molecule has 100 valence electrons. The first-order chi connectivity index (χ1) is 8.47. The lowest BCUT2D eigenvalue weighted by Crippen LogP contribution is -2.38. The molecule has 1 aliphatic rings. The van der Waals surface area contributed by atoms with E-state index in [9.17, 15) is 17.6 Å². The average molecular weight is 262 g/mol. The maximum atomic E-state index is 12.8. The van der Waals surface area contributed by atoms with Crippen LogP contribution in [-0.4, -0.2) is 32.4 Å². The molecule has 1 aliphatic heterocycles. The summed E-state index contributed by atoms with van der Waals surface area (Å²) in [5.74, 6) is -1.79. The quantitative estimate of drug-likeness (QED) is 0.782. The molecule has 1 aromatic rings. The first kappa shape index (κ1) is 13.1. The maximum absolute atomic E-state index is 12.8. The predicted octanol–water partition coefficient (Wildman–Crippen LogP) is 2.41. The van der Waals surface area contributed by atoms with Gasteiger partial charge in [0.15, 0.2) is 0 Å². The Hall–Kier alpha value is -1.30. The monoisotopic (exact) mass is 262 g/mol. The first-order valence-corrected chi connectivity index (χ1v) is 5.75. The Kier molecular flexibility index (Phi) is 3.75. The van der Waals surface area contributed by atoms with Gasteiger partial charge in [0, 0.05) is 31.9 Å². The molecule has 1 N–H and O–H groups in total. The van der Waals surface area contributed by atoms with Crippen LogP contribution in [0.25, 0.3) is 0 Å². The van der Waals surface area contributed by atoms with Gasteiger partial charge in [0.25, 0.3) is 0 Å². The van der Waals surface area contributed by atoms with Gasteiger partial charge in [-0.05, 0) is 24.3 Å². The zero-order chi connectivity index (χ0) is 13.2. The molecule has 18 heavy (non-hydrogen) atoms. The van der Waals surface area contributed by atoms with Crippen LogP contribution in [0.15, 0.2) is 24.3 Å². The van der Waals surface area contributed by atoms with Gasteiger partial charge in [-0.2, -0.15) is 13.2 Å². The molecule has 1 saturated heterocycles. The van der Waals surface area contributed by atoms with Crippen LogP contribution in [0, 0.1) is 11.7 Å². The van der Waals surface area contributed by atoms with Crippen molar-refractivity contribution >= 4 is 5.69 Å². The molecule has 0 spiro atoms. The summed E-state index contributed by atoms with van der Waals surface area (Å²) in [4.78, 5) is 1.64. The summed E-state index contributed by atoms with van der Waals surface area (Å²) < 4.78 is 51.0. The van der Waals surface area contributed by atoms with Gasteiger partial charge in [-0.25, -0.2) is 4.39 Å². The Morgan fingerprint density at radius 2 is 1.83 bits per heavy atom. The van der Waals surface area contributed by atoms with Crippen LogP contribution >= 0.6 is 0 Å². The summed E-state index contributed by atoms with van der Waals surface area (Å²) in [5.41, 5.74) is 0.620. The van der Waals surface area contributed by atoms with Crippen LogP contribution in [0.5, 0.6) is 0 Å². The lowest BCUT2D eigenvalue weighted by atomic mass is 10.1. The van der Waals surface area contributed by atoms with Crippen LogP contribution in [0.2, 0.25) is 0 Å². The maximum Gasteiger partial charge on any atom is 0.394 e. The van der Waals surface area contributed by atoms with Crippen molar-refractivity contribution in [1.29, 1.82) is 0 Å². The van der Waals surface area contributed by atoms with E-state index in [-0.39, 0.29) is 18.9 Å². The Morgan fingerprint density at radius 3 is 2.44 bits per heavy atom. The Morgan fingerprint density at radius 1 is 1.17 bits per heavy atom. The fourth-order valence-corrected chi connectivity index (χ4v) is 2.02. The Balaban J connectivity index is 2.14. The minimum Gasteiger partial charge on any atom is -0.370 e. The molecular formula is C12H14F4N2. The molecule has 0 saturated carbocycles. The second kappa shape index (κ2) is 5.14. The molecule has 0 amide bonds. The van der Waals surface area contributed by atoms with Gasteiger partial charge in [0.2, 0.25) is 0 Å². The minimum atomic E-state index is -4.21. The normalized spacial score (nSPS) is 21.8. The second-order valence-electron chi connectivity index (χ2n) is 4.37. The van der Waals surface area contributed by atoms with Crippen LogP contribution in [0.3, 0.4) is 0 Å². The van der Waals surface area contributed by atoms with E-state index in [4.69, 9.17) is 0 Å². The van der Waals surface area contributed by atoms with Gasteiger partial charge in [-0.15, -0.1) is 0 Å². The highest BCUT2D eigenvalue weighted by atomic mass is 19.4. The van der Waals surface area contributed by atoms with Crippen LogP contribution < -0.4 is 10.2 Å². The molecule has 1 heterocycles. The van der Waals surface area contributed by atoms with Gasteiger partial charge in [-0.3, -0.25) is 0 Å². The number of hydrogen-bond donors (Lipinski definition) is 1. The van der Waals surface area contributed by atoms with Gasteiger partial charge >= 0.3 is 6.18 Å². The van der Waals surface area contributed by atoms with Gasteiger partial charge in [0.1, 0.15) is 5.82 Å². The summed E-state index contributed by atoms with van der Waals surface area (Å²) in [7, 11) is 0. The zero-order valence-corrected chi connectivity index (χ0v) is 9.67. The van der Waals surface area contributed by atoms with E-state index in [2.05, 4.69) is 5.32 Å². The molecule has 1 unspecified atom stereocenters. The summed E-state index contributed by atoms with van der Waals surface area (Å²) in [5, 5.41) is 2.78. The SMILES string of the molecule is Fc1ccc(N2CCNCC(C(F)(F)F)C2)cc1. The van der Waals surface area contributed by atoms with Crippen molar-refractivity contribution in [2.24, 2.45) is 5.92 Å². The number of benzene rings is 1. The molecule has 0 radical (unpaired) electrons. The fourth-order valence-electron chi connectivity index (χ4n) is 2.02. The highest BCUT2D eigenvalue weighted by Gasteiger charge is 2.41. The van der Waals surface area contributed by atoms with E-state index in [1.807, 2.05) is 0 Å². The third-order valence-electron chi connectivity index (χ3n) is 3.04. The predicted molar refractivity (Wildman–Crippen MR) is 61.0 cm³/mol. The lowest BCUT2D eigenvalue weighted by molar-refractivity contribution is -0.169. The van der Waals surface area contributed by atoms with E-state index in [0.29, 0.717) is 18.8 Å². The number of anilines is 1. The van der Waals surface area contributed by atoms with Crippen LogP contribution in [0.1, 0.15) is 0 Å². The summed E-state index contributed by atoms with van der Waals surface area (Å²) >= 11 is 0. The van der Waals surface area contributed by atoms with Gasteiger partial charge in [0.05, 0.1) is 5.92 Å². The van der Waals surface area contributed by atoms with Crippen molar-refractivity contribution in [2.45, 2.75) is 6.18 Å². The molecule has 2 rings (SSSR count). The Labute approximate surface area is 103 Å². The molecule has 1 aromatic carbocycles. The Bertz CT molecular complexity index is 388. The van der Waals surface area contributed by atoms with Crippen molar-refractivity contribution < 1.29 is 17.6 Å². The van der Waals surface area contributed by atoms with Crippen molar-refractivity contribution in [2.75, 3.05) is 31.1 Å². The van der Waals surface area contributed by atoms with Gasteiger partial charge in [-0.1, -0.05) is 0 Å². The van der Waals surface area contributed by atoms with Crippen LogP contribution in [0.4, 0.5) is 23.2 Å². The summed E-state index contributed by atoms with van der Waals surface area (Å²) in [6, 6.07) is 5.54. The molecular weight excluding hydrogens is 248 g/mol. The molecule has 1 atom stereocenters.